The molecule has 0 aromatic heterocycles. The van der Waals surface area contributed by atoms with Crippen molar-refractivity contribution in [2.24, 2.45) is 17.8 Å². The van der Waals surface area contributed by atoms with E-state index in [2.05, 4.69) is 18.7 Å². The van der Waals surface area contributed by atoms with E-state index in [0.717, 1.165) is 43.6 Å². The Morgan fingerprint density at radius 2 is 1.93 bits per heavy atom. The smallest absolute Gasteiger partial charge is 0.353 e. The second-order valence-electron chi connectivity index (χ2n) is 9.19. The molecule has 0 bridgehead atoms. The number of likely N-dealkylation sites (tertiary alicyclic amines) is 1. The zero-order valence-electron chi connectivity index (χ0n) is 17.2. The van der Waals surface area contributed by atoms with Gasteiger partial charge in [-0.25, -0.2) is 0 Å². The van der Waals surface area contributed by atoms with Crippen LogP contribution in [0.4, 0.5) is 13.2 Å². The predicted octanol–water partition coefficient (Wildman–Crippen LogP) is 4.15. The maximum Gasteiger partial charge on any atom is 0.416 e. The van der Waals surface area contributed by atoms with Crippen LogP contribution >= 0.6 is 0 Å². The third-order valence-electron chi connectivity index (χ3n) is 6.90. The average Bonchev–Trinajstić information content (AvgIpc) is 3.04. The first kappa shape index (κ1) is 20.7. The van der Waals surface area contributed by atoms with Gasteiger partial charge in [-0.05, 0) is 30.0 Å². The lowest BCUT2D eigenvalue weighted by atomic mass is 9.75. The zero-order valence-corrected chi connectivity index (χ0v) is 17.2. The molecule has 160 valence electrons. The largest absolute Gasteiger partial charge is 0.416 e. The van der Waals surface area contributed by atoms with Crippen molar-refractivity contribution in [1.29, 1.82) is 0 Å². The van der Waals surface area contributed by atoms with Crippen molar-refractivity contribution in [2.45, 2.75) is 58.1 Å². The highest BCUT2D eigenvalue weighted by Crippen LogP contribution is 2.49. The second kappa shape index (κ2) is 7.27. The van der Waals surface area contributed by atoms with Gasteiger partial charge in [-0.3, -0.25) is 9.69 Å². The standard InChI is InChI=1S/C22H29F3N2O2/c1-14(2)19-13-29-21-8-9-26(12-18(21)10-15(3)20(28)27(19)21)11-16-4-6-17(7-5-16)22(23,24)25/h4-7,14-15,18-19H,8-13H2,1-3H3/t15?,18-,19-,21-/m1/s1. The number of alkyl halides is 3. The van der Waals surface area contributed by atoms with Crippen LogP contribution in [0.25, 0.3) is 0 Å². The van der Waals surface area contributed by atoms with Gasteiger partial charge in [0.05, 0.1) is 18.2 Å². The van der Waals surface area contributed by atoms with Crippen LogP contribution < -0.4 is 0 Å². The molecule has 3 aliphatic rings. The summed E-state index contributed by atoms with van der Waals surface area (Å²) in [5.41, 5.74) is -0.249. The fraction of sp³-hybridized carbons (Fsp3) is 0.682. The van der Waals surface area contributed by atoms with E-state index in [4.69, 9.17) is 4.74 Å². The molecule has 0 radical (unpaired) electrons. The number of amides is 1. The van der Waals surface area contributed by atoms with Gasteiger partial charge in [0.1, 0.15) is 5.72 Å². The van der Waals surface area contributed by atoms with Crippen molar-refractivity contribution in [1.82, 2.24) is 9.80 Å². The molecule has 1 spiro atoms. The van der Waals surface area contributed by atoms with Crippen LogP contribution in [0.5, 0.6) is 0 Å². The Bertz CT molecular complexity index is 764. The number of carbonyl (C=O) groups excluding carboxylic acids is 1. The molecule has 0 saturated carbocycles. The first-order chi connectivity index (χ1) is 13.6. The minimum atomic E-state index is -4.31. The van der Waals surface area contributed by atoms with E-state index in [1.807, 2.05) is 11.8 Å². The number of benzene rings is 1. The zero-order chi connectivity index (χ0) is 21.0. The molecular weight excluding hydrogens is 381 g/mol. The first-order valence-electron chi connectivity index (χ1n) is 10.5. The second-order valence-corrected chi connectivity index (χ2v) is 9.19. The number of carbonyl (C=O) groups is 1. The molecule has 1 aromatic rings. The molecule has 29 heavy (non-hydrogen) atoms. The lowest BCUT2D eigenvalue weighted by molar-refractivity contribution is -0.199. The van der Waals surface area contributed by atoms with E-state index < -0.39 is 17.5 Å². The quantitative estimate of drug-likeness (QED) is 0.751. The van der Waals surface area contributed by atoms with E-state index in [9.17, 15) is 18.0 Å². The van der Waals surface area contributed by atoms with E-state index in [1.54, 1.807) is 12.1 Å². The Kier molecular flexibility index (Phi) is 5.18. The molecule has 4 rings (SSSR count). The molecule has 3 aliphatic heterocycles. The molecule has 1 unspecified atom stereocenters. The summed E-state index contributed by atoms with van der Waals surface area (Å²) in [5.74, 6) is 0.743. The van der Waals surface area contributed by atoms with Crippen LogP contribution in [-0.2, 0) is 22.3 Å². The maximum atomic E-state index is 13.0. The number of nitrogens with zero attached hydrogens (tertiary/aromatic N) is 2. The number of hydrogen-bond acceptors (Lipinski definition) is 3. The van der Waals surface area contributed by atoms with Crippen molar-refractivity contribution in [3.8, 4) is 0 Å². The van der Waals surface area contributed by atoms with Crippen LogP contribution in [0.2, 0.25) is 0 Å². The van der Waals surface area contributed by atoms with Gasteiger partial charge < -0.3 is 9.64 Å². The number of piperidine rings is 2. The molecule has 3 heterocycles. The molecule has 1 amide bonds. The number of hydrogen-bond donors (Lipinski definition) is 0. The Labute approximate surface area is 170 Å². The van der Waals surface area contributed by atoms with Crippen molar-refractivity contribution < 1.29 is 22.7 Å². The fourth-order valence-electron chi connectivity index (χ4n) is 5.29. The van der Waals surface area contributed by atoms with Crippen molar-refractivity contribution in [3.05, 3.63) is 35.4 Å². The molecule has 4 atom stereocenters. The number of halogens is 3. The van der Waals surface area contributed by atoms with Gasteiger partial charge in [0.2, 0.25) is 5.91 Å². The van der Waals surface area contributed by atoms with Crippen molar-refractivity contribution in [3.63, 3.8) is 0 Å². The lowest BCUT2D eigenvalue weighted by Gasteiger charge is -2.54. The Morgan fingerprint density at radius 1 is 1.24 bits per heavy atom. The molecular formula is C22H29F3N2O2. The van der Waals surface area contributed by atoms with E-state index in [1.165, 1.54) is 0 Å². The molecule has 1 aromatic carbocycles. The lowest BCUT2D eigenvalue weighted by Crippen LogP contribution is -2.66. The van der Waals surface area contributed by atoms with Crippen LogP contribution in [0.15, 0.2) is 24.3 Å². The molecule has 0 N–H and O–H groups in total. The van der Waals surface area contributed by atoms with Gasteiger partial charge in [-0.1, -0.05) is 32.9 Å². The van der Waals surface area contributed by atoms with Crippen LogP contribution in [0.1, 0.15) is 44.7 Å². The predicted molar refractivity (Wildman–Crippen MR) is 103 cm³/mol. The molecule has 3 fully saturated rings. The van der Waals surface area contributed by atoms with Gasteiger partial charge >= 0.3 is 6.18 Å². The average molecular weight is 410 g/mol. The molecule has 4 nitrogen and oxygen atoms in total. The molecule has 3 saturated heterocycles. The third kappa shape index (κ3) is 3.56. The van der Waals surface area contributed by atoms with E-state index in [-0.39, 0.29) is 23.8 Å². The molecule has 0 aliphatic carbocycles. The summed E-state index contributed by atoms with van der Waals surface area (Å²) in [6.07, 6.45) is -2.76. The minimum Gasteiger partial charge on any atom is -0.353 e. The summed E-state index contributed by atoms with van der Waals surface area (Å²) < 4.78 is 44.7. The summed E-state index contributed by atoms with van der Waals surface area (Å²) in [6, 6.07) is 5.55. The summed E-state index contributed by atoms with van der Waals surface area (Å²) in [5, 5.41) is 0. The number of ether oxygens (including phenoxy) is 1. The van der Waals surface area contributed by atoms with Gasteiger partial charge in [0.25, 0.3) is 0 Å². The minimum absolute atomic E-state index is 0.0258. The van der Waals surface area contributed by atoms with Gasteiger partial charge in [-0.2, -0.15) is 13.2 Å². The maximum absolute atomic E-state index is 13.0. The third-order valence-corrected chi connectivity index (χ3v) is 6.90. The van der Waals surface area contributed by atoms with Gasteiger partial charge in [0.15, 0.2) is 0 Å². The topological polar surface area (TPSA) is 32.8 Å². The summed E-state index contributed by atoms with van der Waals surface area (Å²) >= 11 is 0. The highest BCUT2D eigenvalue weighted by molar-refractivity contribution is 5.81. The highest BCUT2D eigenvalue weighted by atomic mass is 19.4. The van der Waals surface area contributed by atoms with Gasteiger partial charge in [0, 0.05) is 37.9 Å². The SMILES string of the molecule is CC1C[C@@H]2CN(Cc3ccc(C(F)(F)F)cc3)CC[C@@]23OC[C@H](C(C)C)N3C1=O. The van der Waals surface area contributed by atoms with E-state index in [0.29, 0.717) is 19.1 Å². The fourth-order valence-corrected chi connectivity index (χ4v) is 5.29. The first-order valence-corrected chi connectivity index (χ1v) is 10.5. The van der Waals surface area contributed by atoms with Crippen LogP contribution in [0.3, 0.4) is 0 Å². The number of rotatable bonds is 3. The Morgan fingerprint density at radius 3 is 2.55 bits per heavy atom. The highest BCUT2D eigenvalue weighted by Gasteiger charge is 2.60. The Balaban J connectivity index is 1.49. The summed E-state index contributed by atoms with van der Waals surface area (Å²) in [7, 11) is 0. The summed E-state index contributed by atoms with van der Waals surface area (Å²) in [4.78, 5) is 17.3. The van der Waals surface area contributed by atoms with Crippen molar-refractivity contribution >= 4 is 5.91 Å². The monoisotopic (exact) mass is 410 g/mol. The summed E-state index contributed by atoms with van der Waals surface area (Å²) in [6.45, 7) is 9.02. The van der Waals surface area contributed by atoms with E-state index >= 15 is 0 Å². The van der Waals surface area contributed by atoms with Crippen LogP contribution in [-0.4, -0.2) is 47.2 Å². The van der Waals surface area contributed by atoms with Crippen molar-refractivity contribution in [2.75, 3.05) is 19.7 Å². The Hall–Kier alpha value is -1.60. The van der Waals surface area contributed by atoms with Gasteiger partial charge in [-0.15, -0.1) is 0 Å². The van der Waals surface area contributed by atoms with Crippen LogP contribution in [0, 0.1) is 17.8 Å². The normalized spacial score (nSPS) is 33.1. The molecule has 7 heteroatoms.